The minimum atomic E-state index is -3.04. The molecule has 0 unspecified atom stereocenters. The van der Waals surface area contributed by atoms with E-state index in [1.54, 1.807) is 0 Å². The maximum atomic E-state index is 12.9. The number of amidine groups is 1. The Balaban J connectivity index is 1.53. The molecule has 1 N–H and O–H groups in total. The summed E-state index contributed by atoms with van der Waals surface area (Å²) < 4.78 is 29.4. The zero-order chi connectivity index (χ0) is 23.6. The number of ether oxygens (including phenoxy) is 1. The van der Waals surface area contributed by atoms with E-state index in [9.17, 15) is 13.2 Å². The van der Waals surface area contributed by atoms with Gasteiger partial charge in [0.2, 0.25) is 5.91 Å². The van der Waals surface area contributed by atoms with Crippen LogP contribution in [0.15, 0.2) is 53.5 Å². The van der Waals surface area contributed by atoms with Crippen LogP contribution in [-0.2, 0) is 14.6 Å². The number of amides is 1. The van der Waals surface area contributed by atoms with Gasteiger partial charge in [0.1, 0.15) is 12.3 Å². The van der Waals surface area contributed by atoms with Crippen LogP contribution in [0.25, 0.3) is 0 Å². The lowest BCUT2D eigenvalue weighted by molar-refractivity contribution is -0.114. The number of anilines is 2. The summed E-state index contributed by atoms with van der Waals surface area (Å²) in [6.07, 6.45) is 0. The molecule has 9 heteroatoms. The highest BCUT2D eigenvalue weighted by Gasteiger charge is 2.44. The summed E-state index contributed by atoms with van der Waals surface area (Å²) in [5.41, 5.74) is 2.75. The van der Waals surface area contributed by atoms with Crippen molar-refractivity contribution < 1.29 is 17.9 Å². The van der Waals surface area contributed by atoms with Crippen molar-refractivity contribution in [3.63, 3.8) is 0 Å². The summed E-state index contributed by atoms with van der Waals surface area (Å²) in [7, 11) is -3.04. The van der Waals surface area contributed by atoms with Crippen LogP contribution in [0, 0.1) is 0 Å². The van der Waals surface area contributed by atoms with Crippen molar-refractivity contribution in [3.05, 3.63) is 54.1 Å². The van der Waals surface area contributed by atoms with E-state index < -0.39 is 9.84 Å². The van der Waals surface area contributed by atoms with Crippen molar-refractivity contribution in [2.24, 2.45) is 4.99 Å². The number of benzene rings is 2. The quantitative estimate of drug-likeness (QED) is 0.637. The van der Waals surface area contributed by atoms with E-state index in [0.717, 1.165) is 11.4 Å². The Morgan fingerprint density at radius 3 is 2.45 bits per heavy atom. The maximum absolute atomic E-state index is 12.9. The maximum Gasteiger partial charge on any atom is 0.244 e. The number of rotatable bonds is 7. The molecule has 2 atom stereocenters. The monoisotopic (exact) mass is 487 g/mol. The molecule has 0 saturated carbocycles. The molecule has 1 saturated heterocycles. The molecule has 0 aromatic heterocycles. The first kappa shape index (κ1) is 23.6. The topological polar surface area (TPSA) is 88.1 Å². The average molecular weight is 488 g/mol. The van der Waals surface area contributed by atoms with Crippen LogP contribution >= 0.6 is 11.8 Å². The zero-order valence-corrected chi connectivity index (χ0v) is 20.7. The van der Waals surface area contributed by atoms with E-state index in [1.807, 2.05) is 48.2 Å². The Bertz CT molecular complexity index is 1130. The zero-order valence-electron chi connectivity index (χ0n) is 19.0. The second-order valence-electron chi connectivity index (χ2n) is 8.55. The lowest BCUT2D eigenvalue weighted by Crippen LogP contribution is -2.36. The molecular formula is C24H29N3O4S2. The molecule has 2 aromatic carbocycles. The summed E-state index contributed by atoms with van der Waals surface area (Å²) in [6, 6.07) is 15.1. The second kappa shape index (κ2) is 9.77. The van der Waals surface area contributed by atoms with Gasteiger partial charge in [0, 0.05) is 16.6 Å². The van der Waals surface area contributed by atoms with Gasteiger partial charge in [0.15, 0.2) is 15.0 Å². The molecule has 4 rings (SSSR count). The third kappa shape index (κ3) is 5.70. The van der Waals surface area contributed by atoms with Gasteiger partial charge < -0.3 is 15.0 Å². The molecule has 1 fully saturated rings. The summed E-state index contributed by atoms with van der Waals surface area (Å²) in [5, 5.41) is 3.54. The van der Waals surface area contributed by atoms with Gasteiger partial charge in [-0.2, -0.15) is 0 Å². The van der Waals surface area contributed by atoms with E-state index in [-0.39, 0.29) is 35.2 Å². The fourth-order valence-corrected chi connectivity index (χ4v) is 7.71. The first-order valence-corrected chi connectivity index (χ1v) is 13.8. The molecule has 2 aromatic rings. The molecule has 0 radical (unpaired) electrons. The molecule has 2 aliphatic heterocycles. The average Bonchev–Trinajstić information content (AvgIpc) is 3.27. The van der Waals surface area contributed by atoms with Crippen molar-refractivity contribution in [2.45, 2.75) is 38.0 Å². The third-order valence-corrected chi connectivity index (χ3v) is 8.91. The van der Waals surface area contributed by atoms with Gasteiger partial charge in [-0.15, -0.1) is 0 Å². The Morgan fingerprint density at radius 2 is 1.85 bits per heavy atom. The molecule has 2 heterocycles. The summed E-state index contributed by atoms with van der Waals surface area (Å²) in [6.45, 7) is 6.85. The van der Waals surface area contributed by atoms with E-state index in [1.165, 1.54) is 17.3 Å². The first-order chi connectivity index (χ1) is 15.7. The Morgan fingerprint density at radius 1 is 1.15 bits per heavy atom. The van der Waals surface area contributed by atoms with Gasteiger partial charge in [-0.3, -0.25) is 9.79 Å². The standard InChI is InChI=1S/C24H29N3O4S2/c1-4-31-20-11-7-18(8-12-20)25-23(28)13-27(19-9-5-17(6-10-19)16(2)3)24-26-21-14-33(29,30)15-22(21)32-24/h5-12,16,21-22H,4,13-15H2,1-3H3,(H,25,28)/t21-,22+/m1/s1. The number of fused-ring (bicyclic) bond motifs is 1. The smallest absolute Gasteiger partial charge is 0.244 e. The molecule has 0 spiro atoms. The summed E-state index contributed by atoms with van der Waals surface area (Å²) in [5.74, 6) is 1.18. The predicted octanol–water partition coefficient (Wildman–Crippen LogP) is 3.92. The van der Waals surface area contributed by atoms with E-state index in [0.29, 0.717) is 23.4 Å². The Labute approximate surface area is 199 Å². The second-order valence-corrected chi connectivity index (χ2v) is 11.9. The van der Waals surface area contributed by atoms with Gasteiger partial charge in [0.25, 0.3) is 0 Å². The molecule has 33 heavy (non-hydrogen) atoms. The van der Waals surface area contributed by atoms with Gasteiger partial charge >= 0.3 is 0 Å². The third-order valence-electron chi connectivity index (χ3n) is 5.66. The lowest BCUT2D eigenvalue weighted by Gasteiger charge is -2.24. The van der Waals surface area contributed by atoms with Crippen molar-refractivity contribution in [1.29, 1.82) is 0 Å². The largest absolute Gasteiger partial charge is 0.494 e. The van der Waals surface area contributed by atoms with Crippen LogP contribution in [0.5, 0.6) is 5.75 Å². The molecular weight excluding hydrogens is 458 g/mol. The molecule has 1 amide bonds. The van der Waals surface area contributed by atoms with E-state index in [4.69, 9.17) is 9.73 Å². The number of sulfone groups is 1. The number of carbonyl (C=O) groups is 1. The van der Waals surface area contributed by atoms with Gasteiger partial charge in [0.05, 0.1) is 24.2 Å². The van der Waals surface area contributed by atoms with E-state index in [2.05, 4.69) is 31.3 Å². The fourth-order valence-electron chi connectivity index (χ4n) is 3.92. The number of carbonyl (C=O) groups excluding carboxylic acids is 1. The van der Waals surface area contributed by atoms with Crippen LogP contribution < -0.4 is 15.0 Å². The van der Waals surface area contributed by atoms with E-state index >= 15 is 0 Å². The SMILES string of the molecule is CCOc1ccc(NC(=O)CN(C2=N[C@@H]3CS(=O)(=O)C[C@@H]3S2)c2ccc(C(C)C)cc2)cc1. The highest BCUT2D eigenvalue weighted by Crippen LogP contribution is 2.37. The Hall–Kier alpha value is -2.52. The number of hydrogen-bond acceptors (Lipinski definition) is 7. The fraction of sp³-hybridized carbons (Fsp3) is 0.417. The molecule has 176 valence electrons. The predicted molar refractivity (Wildman–Crippen MR) is 135 cm³/mol. The van der Waals surface area contributed by atoms with Gasteiger partial charge in [-0.05, 0) is 54.8 Å². The highest BCUT2D eigenvalue weighted by molar-refractivity contribution is 8.15. The minimum Gasteiger partial charge on any atom is -0.494 e. The number of nitrogens with one attached hydrogen (secondary N) is 1. The number of aliphatic imine (C=N–C) groups is 1. The minimum absolute atomic E-state index is 0.0757. The number of hydrogen-bond donors (Lipinski definition) is 1. The van der Waals surface area contributed by atoms with Crippen LogP contribution in [0.1, 0.15) is 32.3 Å². The highest BCUT2D eigenvalue weighted by atomic mass is 32.2. The van der Waals surface area contributed by atoms with Crippen molar-refractivity contribution in [3.8, 4) is 5.75 Å². The number of thioether (sulfide) groups is 1. The molecule has 2 aliphatic rings. The lowest BCUT2D eigenvalue weighted by atomic mass is 10.0. The van der Waals surface area contributed by atoms with Crippen molar-refractivity contribution >= 4 is 44.0 Å². The number of nitrogens with zero attached hydrogens (tertiary/aromatic N) is 2. The summed E-state index contributed by atoms with van der Waals surface area (Å²) in [4.78, 5) is 19.5. The van der Waals surface area contributed by atoms with Gasteiger partial charge in [-0.25, -0.2) is 8.42 Å². The molecule has 0 aliphatic carbocycles. The van der Waals surface area contributed by atoms with Crippen LogP contribution in [0.4, 0.5) is 11.4 Å². The van der Waals surface area contributed by atoms with Crippen molar-refractivity contribution in [2.75, 3.05) is 34.9 Å². The van der Waals surface area contributed by atoms with Crippen LogP contribution in [0.3, 0.4) is 0 Å². The molecule has 0 bridgehead atoms. The van der Waals surface area contributed by atoms with Crippen molar-refractivity contribution in [1.82, 2.24) is 0 Å². The Kier molecular flexibility index (Phi) is 6.99. The normalized spacial score (nSPS) is 20.9. The molecule has 7 nitrogen and oxygen atoms in total. The van der Waals surface area contributed by atoms with Gasteiger partial charge in [-0.1, -0.05) is 37.7 Å². The first-order valence-electron chi connectivity index (χ1n) is 11.1. The van der Waals surface area contributed by atoms with Crippen LogP contribution in [-0.4, -0.2) is 55.4 Å². The van der Waals surface area contributed by atoms with Crippen LogP contribution in [0.2, 0.25) is 0 Å². The summed E-state index contributed by atoms with van der Waals surface area (Å²) >= 11 is 1.45.